The second-order valence-corrected chi connectivity index (χ2v) is 5.94. The van der Waals surface area contributed by atoms with E-state index in [1.54, 1.807) is 0 Å². The van der Waals surface area contributed by atoms with Gasteiger partial charge in [0.1, 0.15) is 0 Å². The molecule has 2 rings (SSSR count). The van der Waals surface area contributed by atoms with E-state index in [0.717, 1.165) is 38.0 Å². The molecule has 0 unspecified atom stereocenters. The number of carbonyl (C=O) groups is 1. The van der Waals surface area contributed by atoms with Crippen molar-refractivity contribution >= 4 is 36.4 Å². The Labute approximate surface area is 152 Å². The summed E-state index contributed by atoms with van der Waals surface area (Å²) in [6, 6.07) is 8.64. The SMILES string of the molecule is CCN(c1ccc(C(=O)N[C@H]2CCCNC2)cc1)C(C)C.Cl.Cl. The highest BCUT2D eigenvalue weighted by atomic mass is 35.5. The zero-order valence-corrected chi connectivity index (χ0v) is 15.8. The van der Waals surface area contributed by atoms with Crippen LogP contribution in [0.2, 0.25) is 0 Å². The van der Waals surface area contributed by atoms with Crippen molar-refractivity contribution in [2.75, 3.05) is 24.5 Å². The van der Waals surface area contributed by atoms with Crippen molar-refractivity contribution in [2.45, 2.75) is 45.7 Å². The maximum atomic E-state index is 12.2. The Hall–Kier alpha value is -0.970. The first kappa shape index (κ1) is 22.0. The van der Waals surface area contributed by atoms with E-state index in [9.17, 15) is 4.79 Å². The molecule has 0 aromatic heterocycles. The molecule has 23 heavy (non-hydrogen) atoms. The van der Waals surface area contributed by atoms with E-state index in [2.05, 4.69) is 36.3 Å². The molecule has 1 atom stereocenters. The van der Waals surface area contributed by atoms with Crippen LogP contribution >= 0.6 is 24.8 Å². The Morgan fingerprint density at radius 3 is 2.43 bits per heavy atom. The third-order valence-corrected chi connectivity index (χ3v) is 4.06. The van der Waals surface area contributed by atoms with Crippen LogP contribution in [-0.2, 0) is 0 Å². The third-order valence-electron chi connectivity index (χ3n) is 4.06. The smallest absolute Gasteiger partial charge is 0.251 e. The molecule has 1 aromatic rings. The third kappa shape index (κ3) is 6.21. The summed E-state index contributed by atoms with van der Waals surface area (Å²) in [7, 11) is 0. The average molecular weight is 362 g/mol. The number of hydrogen-bond acceptors (Lipinski definition) is 3. The van der Waals surface area contributed by atoms with Crippen LogP contribution in [0.25, 0.3) is 0 Å². The minimum atomic E-state index is 0. The Balaban J connectivity index is 0.00000242. The van der Waals surface area contributed by atoms with Crippen LogP contribution in [-0.4, -0.2) is 37.6 Å². The molecule has 132 valence electrons. The van der Waals surface area contributed by atoms with Gasteiger partial charge in [-0.25, -0.2) is 0 Å². The van der Waals surface area contributed by atoms with E-state index in [1.807, 2.05) is 24.3 Å². The van der Waals surface area contributed by atoms with Crippen LogP contribution < -0.4 is 15.5 Å². The van der Waals surface area contributed by atoms with Gasteiger partial charge in [0.2, 0.25) is 0 Å². The fourth-order valence-corrected chi connectivity index (χ4v) is 2.89. The molecule has 1 heterocycles. The van der Waals surface area contributed by atoms with E-state index < -0.39 is 0 Å². The van der Waals surface area contributed by atoms with Crippen molar-refractivity contribution in [2.24, 2.45) is 0 Å². The Morgan fingerprint density at radius 1 is 1.30 bits per heavy atom. The highest BCUT2D eigenvalue weighted by molar-refractivity contribution is 5.94. The van der Waals surface area contributed by atoms with E-state index >= 15 is 0 Å². The van der Waals surface area contributed by atoms with Gasteiger partial charge in [-0.2, -0.15) is 0 Å². The number of nitrogens with one attached hydrogen (secondary N) is 2. The molecule has 1 aliphatic heterocycles. The normalized spacial score (nSPS) is 17.0. The number of rotatable bonds is 5. The van der Waals surface area contributed by atoms with Gasteiger partial charge in [-0.15, -0.1) is 24.8 Å². The fourth-order valence-electron chi connectivity index (χ4n) is 2.89. The molecule has 1 amide bonds. The van der Waals surface area contributed by atoms with Gasteiger partial charge in [-0.05, 0) is 64.4 Å². The summed E-state index contributed by atoms with van der Waals surface area (Å²) in [5, 5.41) is 6.42. The molecule has 4 nitrogen and oxygen atoms in total. The molecule has 2 N–H and O–H groups in total. The summed E-state index contributed by atoms with van der Waals surface area (Å²) in [6.07, 6.45) is 2.19. The van der Waals surface area contributed by atoms with E-state index in [4.69, 9.17) is 0 Å². The largest absolute Gasteiger partial charge is 0.369 e. The summed E-state index contributed by atoms with van der Waals surface area (Å²) < 4.78 is 0. The lowest BCUT2D eigenvalue weighted by molar-refractivity contribution is 0.0930. The minimum absolute atomic E-state index is 0. The van der Waals surface area contributed by atoms with Crippen molar-refractivity contribution in [3.8, 4) is 0 Å². The molecule has 1 saturated heterocycles. The number of anilines is 1. The van der Waals surface area contributed by atoms with Gasteiger partial charge in [0, 0.05) is 36.4 Å². The first-order valence-electron chi connectivity index (χ1n) is 8.00. The van der Waals surface area contributed by atoms with Crippen LogP contribution in [0.15, 0.2) is 24.3 Å². The van der Waals surface area contributed by atoms with Gasteiger partial charge < -0.3 is 15.5 Å². The van der Waals surface area contributed by atoms with Crippen molar-refractivity contribution in [1.82, 2.24) is 10.6 Å². The molecular weight excluding hydrogens is 333 g/mol. The van der Waals surface area contributed by atoms with E-state index in [1.165, 1.54) is 5.69 Å². The van der Waals surface area contributed by atoms with Crippen LogP contribution in [0.3, 0.4) is 0 Å². The molecular formula is C17H29Cl2N3O. The Bertz CT molecular complexity index is 459. The number of piperidine rings is 1. The van der Waals surface area contributed by atoms with Crippen LogP contribution in [0.1, 0.15) is 44.0 Å². The number of hydrogen-bond donors (Lipinski definition) is 2. The second kappa shape index (κ2) is 10.7. The minimum Gasteiger partial charge on any atom is -0.369 e. The molecule has 0 bridgehead atoms. The first-order chi connectivity index (χ1) is 10.1. The van der Waals surface area contributed by atoms with Gasteiger partial charge in [-0.1, -0.05) is 0 Å². The zero-order valence-electron chi connectivity index (χ0n) is 14.2. The summed E-state index contributed by atoms with van der Waals surface area (Å²) in [4.78, 5) is 14.6. The highest BCUT2D eigenvalue weighted by Crippen LogP contribution is 2.18. The van der Waals surface area contributed by atoms with Crippen LogP contribution in [0, 0.1) is 0 Å². The Morgan fingerprint density at radius 2 is 1.96 bits per heavy atom. The van der Waals surface area contributed by atoms with Crippen molar-refractivity contribution in [3.05, 3.63) is 29.8 Å². The quantitative estimate of drug-likeness (QED) is 0.845. The number of nitrogens with zero attached hydrogens (tertiary/aromatic N) is 1. The molecule has 0 aliphatic carbocycles. The molecule has 6 heteroatoms. The van der Waals surface area contributed by atoms with Gasteiger partial charge in [-0.3, -0.25) is 4.79 Å². The molecule has 1 fully saturated rings. The maximum Gasteiger partial charge on any atom is 0.251 e. The van der Waals surface area contributed by atoms with Gasteiger partial charge in [0.15, 0.2) is 0 Å². The lowest BCUT2D eigenvalue weighted by Crippen LogP contribution is -2.45. The zero-order chi connectivity index (χ0) is 15.2. The van der Waals surface area contributed by atoms with Gasteiger partial charge >= 0.3 is 0 Å². The second-order valence-electron chi connectivity index (χ2n) is 5.94. The van der Waals surface area contributed by atoms with Gasteiger partial charge in [0.05, 0.1) is 0 Å². The topological polar surface area (TPSA) is 44.4 Å². The van der Waals surface area contributed by atoms with Crippen LogP contribution in [0.5, 0.6) is 0 Å². The van der Waals surface area contributed by atoms with Crippen molar-refractivity contribution < 1.29 is 4.79 Å². The number of halogens is 2. The molecule has 0 saturated carbocycles. The van der Waals surface area contributed by atoms with E-state index in [-0.39, 0.29) is 36.8 Å². The molecule has 1 aliphatic rings. The standard InChI is InChI=1S/C17H27N3O.2ClH/c1-4-20(13(2)3)16-9-7-14(8-10-16)17(21)19-15-6-5-11-18-12-15;;/h7-10,13,15,18H,4-6,11-12H2,1-3H3,(H,19,21);2*1H/t15-;;/m0../s1. The first-order valence-corrected chi connectivity index (χ1v) is 8.00. The predicted octanol–water partition coefficient (Wildman–Crippen LogP) is 3.25. The molecule has 0 spiro atoms. The number of amides is 1. The molecule has 0 radical (unpaired) electrons. The molecule has 1 aromatic carbocycles. The predicted molar refractivity (Wildman–Crippen MR) is 102 cm³/mol. The van der Waals surface area contributed by atoms with E-state index in [0.29, 0.717) is 6.04 Å². The monoisotopic (exact) mass is 361 g/mol. The van der Waals surface area contributed by atoms with Crippen molar-refractivity contribution in [1.29, 1.82) is 0 Å². The average Bonchev–Trinajstić information content (AvgIpc) is 2.49. The summed E-state index contributed by atoms with van der Waals surface area (Å²) in [6.45, 7) is 9.41. The van der Waals surface area contributed by atoms with Gasteiger partial charge in [0.25, 0.3) is 5.91 Å². The summed E-state index contributed by atoms with van der Waals surface area (Å²) in [5.74, 6) is 0.0304. The fraction of sp³-hybridized carbons (Fsp3) is 0.588. The summed E-state index contributed by atoms with van der Waals surface area (Å²) in [5.41, 5.74) is 1.91. The maximum absolute atomic E-state index is 12.2. The van der Waals surface area contributed by atoms with Crippen molar-refractivity contribution in [3.63, 3.8) is 0 Å². The number of benzene rings is 1. The number of carbonyl (C=O) groups excluding carboxylic acids is 1. The Kier molecular flexibility index (Phi) is 10.3. The summed E-state index contributed by atoms with van der Waals surface area (Å²) >= 11 is 0. The van der Waals surface area contributed by atoms with Crippen LogP contribution in [0.4, 0.5) is 5.69 Å². The lowest BCUT2D eigenvalue weighted by Gasteiger charge is -2.27. The highest BCUT2D eigenvalue weighted by Gasteiger charge is 2.16. The lowest BCUT2D eigenvalue weighted by atomic mass is 10.1.